The Kier molecular flexibility index (Phi) is 8.98. The number of aromatic hydroxyl groups is 1. The van der Waals surface area contributed by atoms with E-state index in [9.17, 15) is 14.3 Å². The Balaban J connectivity index is 0.000000795. The van der Waals surface area contributed by atoms with Crippen LogP contribution in [0.2, 0.25) is 0 Å². The number of carboxylic acids is 1. The van der Waals surface area contributed by atoms with Crippen LogP contribution in [0.15, 0.2) is 42.5 Å². The lowest BCUT2D eigenvalue weighted by Gasteiger charge is -2.15. The van der Waals surface area contributed by atoms with Crippen molar-refractivity contribution in [3.05, 3.63) is 58.7 Å². The number of phenolic OH excluding ortho intramolecular Hbond substituents is 1. The fourth-order valence-corrected chi connectivity index (χ4v) is 4.25. The molecular weight excluding hydrogens is 475 g/mol. The number of hydrogen-bond donors (Lipinski definition) is 4. The van der Waals surface area contributed by atoms with Crippen LogP contribution in [0.1, 0.15) is 35.0 Å². The third kappa shape index (κ3) is 7.66. The summed E-state index contributed by atoms with van der Waals surface area (Å²) in [5.41, 5.74) is 6.77. The second-order valence-electron chi connectivity index (χ2n) is 7.79. The summed E-state index contributed by atoms with van der Waals surface area (Å²) >= 11 is 1.08. The Morgan fingerprint density at radius 1 is 1.20 bits per heavy atom. The Morgan fingerprint density at radius 3 is 2.49 bits per heavy atom. The molecule has 0 amide bonds. The Labute approximate surface area is 206 Å². The molecule has 35 heavy (non-hydrogen) atoms. The van der Waals surface area contributed by atoms with E-state index in [1.807, 2.05) is 24.3 Å². The zero-order valence-electron chi connectivity index (χ0n) is 19.2. The van der Waals surface area contributed by atoms with Crippen LogP contribution < -0.4 is 15.8 Å². The lowest BCUT2D eigenvalue weighted by atomic mass is 10.1. The first kappa shape index (κ1) is 25.9. The highest BCUT2D eigenvalue weighted by Crippen LogP contribution is 2.31. The van der Waals surface area contributed by atoms with Gasteiger partial charge >= 0.3 is 0 Å². The summed E-state index contributed by atoms with van der Waals surface area (Å²) in [6.45, 7) is 4.96. The summed E-state index contributed by atoms with van der Waals surface area (Å²) in [6, 6.07) is 10.9. The van der Waals surface area contributed by atoms with Gasteiger partial charge in [-0.15, -0.1) is 0 Å². The third-order valence-electron chi connectivity index (χ3n) is 5.05. The van der Waals surface area contributed by atoms with E-state index in [1.165, 1.54) is 18.9 Å². The van der Waals surface area contributed by atoms with Gasteiger partial charge in [-0.2, -0.15) is 0 Å². The molecule has 0 radical (unpaired) electrons. The molecule has 4 rings (SSSR count). The largest absolute Gasteiger partial charge is 0.505 e. The normalized spacial score (nSPS) is 13.1. The summed E-state index contributed by atoms with van der Waals surface area (Å²) in [6.07, 6.45) is 2.53. The van der Waals surface area contributed by atoms with Crippen molar-refractivity contribution in [1.29, 1.82) is 0 Å². The van der Waals surface area contributed by atoms with Crippen molar-refractivity contribution in [2.24, 2.45) is 0 Å². The van der Waals surface area contributed by atoms with Crippen molar-refractivity contribution in [3.8, 4) is 11.5 Å². The van der Waals surface area contributed by atoms with Gasteiger partial charge in [-0.3, -0.25) is 14.5 Å². The topological polar surface area (TPSA) is 138 Å². The summed E-state index contributed by atoms with van der Waals surface area (Å²) in [5.74, 6) is -1.82. The van der Waals surface area contributed by atoms with Gasteiger partial charge in [0.05, 0.1) is 0 Å². The molecule has 0 unspecified atom stereocenters. The monoisotopic (exact) mass is 502 g/mol. The molecule has 2 aromatic carbocycles. The van der Waals surface area contributed by atoms with E-state index < -0.39 is 23.3 Å². The van der Waals surface area contributed by atoms with Crippen LogP contribution in [0.25, 0.3) is 0 Å². The molecule has 11 heteroatoms. The summed E-state index contributed by atoms with van der Waals surface area (Å²) < 4.78 is 19.4. The predicted molar refractivity (Wildman–Crippen MR) is 132 cm³/mol. The van der Waals surface area contributed by atoms with Crippen LogP contribution in [0.3, 0.4) is 0 Å². The van der Waals surface area contributed by atoms with E-state index in [0.717, 1.165) is 61.5 Å². The lowest BCUT2D eigenvalue weighted by molar-refractivity contribution is -0.134. The lowest BCUT2D eigenvalue weighted by Crippen LogP contribution is -2.25. The summed E-state index contributed by atoms with van der Waals surface area (Å²) in [5, 5.41) is 20.3. The molecule has 5 N–H and O–H groups in total. The third-order valence-corrected chi connectivity index (χ3v) is 6.04. The fourth-order valence-electron chi connectivity index (χ4n) is 3.38. The summed E-state index contributed by atoms with van der Waals surface area (Å²) in [7, 11) is 0. The SMILES string of the molecule is CC(=O)O.Nc1nc(Nc2ccc(OCCN3CCCC3)cc2)sc1C(=O)c1ccc(O)c(F)c1. The number of ether oxygens (including phenoxy) is 1. The number of nitrogens with one attached hydrogen (secondary N) is 1. The quantitative estimate of drug-likeness (QED) is 0.335. The second kappa shape index (κ2) is 12.1. The number of nitrogens with two attached hydrogens (primary N) is 1. The van der Waals surface area contributed by atoms with Crippen molar-refractivity contribution >= 4 is 39.7 Å². The molecule has 1 aromatic heterocycles. The molecule has 1 fully saturated rings. The van der Waals surface area contributed by atoms with Gasteiger partial charge in [0.15, 0.2) is 16.7 Å². The molecule has 0 atom stereocenters. The van der Waals surface area contributed by atoms with Crippen LogP contribution in [-0.4, -0.2) is 58.1 Å². The first-order chi connectivity index (χ1) is 16.7. The van der Waals surface area contributed by atoms with Crippen LogP contribution in [0.4, 0.5) is 21.0 Å². The number of anilines is 3. The molecule has 186 valence electrons. The van der Waals surface area contributed by atoms with Crippen LogP contribution >= 0.6 is 11.3 Å². The zero-order valence-corrected chi connectivity index (χ0v) is 20.0. The van der Waals surface area contributed by atoms with E-state index >= 15 is 0 Å². The van der Waals surface area contributed by atoms with Gasteiger partial charge in [-0.25, -0.2) is 9.37 Å². The number of hydrogen-bond acceptors (Lipinski definition) is 9. The number of nitrogen functional groups attached to an aromatic ring is 1. The number of nitrogens with zero attached hydrogens (tertiary/aromatic N) is 2. The minimum Gasteiger partial charge on any atom is -0.505 e. The molecule has 2 heterocycles. The van der Waals surface area contributed by atoms with Crippen molar-refractivity contribution in [1.82, 2.24) is 9.88 Å². The smallest absolute Gasteiger partial charge is 0.300 e. The number of thiazole rings is 1. The minimum absolute atomic E-state index is 0.0628. The first-order valence-electron chi connectivity index (χ1n) is 10.9. The number of halogens is 1. The molecule has 1 saturated heterocycles. The van der Waals surface area contributed by atoms with Crippen molar-refractivity contribution < 1.29 is 28.9 Å². The van der Waals surface area contributed by atoms with Gasteiger partial charge in [0.2, 0.25) is 5.78 Å². The molecule has 0 spiro atoms. The van der Waals surface area contributed by atoms with E-state index in [-0.39, 0.29) is 16.3 Å². The van der Waals surface area contributed by atoms with Crippen molar-refractivity contribution in [2.75, 3.05) is 37.3 Å². The van der Waals surface area contributed by atoms with Crippen molar-refractivity contribution in [3.63, 3.8) is 0 Å². The number of carbonyl (C=O) groups excluding carboxylic acids is 1. The van der Waals surface area contributed by atoms with Gasteiger partial charge in [-0.05, 0) is 68.4 Å². The summed E-state index contributed by atoms with van der Waals surface area (Å²) in [4.78, 5) is 28.4. The van der Waals surface area contributed by atoms with Gasteiger partial charge < -0.3 is 26.0 Å². The zero-order chi connectivity index (χ0) is 25.4. The average Bonchev–Trinajstić information content (AvgIpc) is 3.45. The highest BCUT2D eigenvalue weighted by molar-refractivity contribution is 7.18. The standard InChI is InChI=1S/C22H23FN4O3S.C2H4O2/c23-17-13-14(3-8-18(17)28)19(29)20-21(24)26-22(31-20)25-15-4-6-16(7-5-15)30-12-11-27-9-1-2-10-27;1-2(3)4/h3-8,13,28H,1-2,9-12,24H2,(H,25,26);1H3,(H,3,4). The maximum Gasteiger partial charge on any atom is 0.300 e. The molecule has 9 nitrogen and oxygen atoms in total. The molecule has 1 aliphatic rings. The van der Waals surface area contributed by atoms with Gasteiger partial charge in [0.1, 0.15) is 23.1 Å². The number of benzene rings is 2. The van der Waals surface area contributed by atoms with Crippen LogP contribution in [0, 0.1) is 5.82 Å². The number of aliphatic carboxylic acids is 1. The number of ketones is 1. The maximum atomic E-state index is 13.6. The molecule has 0 aliphatic carbocycles. The van der Waals surface area contributed by atoms with Crippen LogP contribution in [-0.2, 0) is 4.79 Å². The van der Waals surface area contributed by atoms with Gasteiger partial charge in [0, 0.05) is 24.7 Å². The first-order valence-corrected chi connectivity index (χ1v) is 11.8. The fraction of sp³-hybridized carbons (Fsp3) is 0.292. The number of carboxylic acid groups (broad SMARTS) is 1. The predicted octanol–water partition coefficient (Wildman–Crippen LogP) is 4.11. The molecule has 0 bridgehead atoms. The number of phenols is 1. The van der Waals surface area contributed by atoms with E-state index in [1.54, 1.807) is 0 Å². The highest BCUT2D eigenvalue weighted by atomic mass is 32.1. The van der Waals surface area contributed by atoms with E-state index in [0.29, 0.717) is 11.7 Å². The van der Waals surface area contributed by atoms with Gasteiger partial charge in [-0.1, -0.05) is 11.3 Å². The Hall–Kier alpha value is -3.70. The molecular formula is C24H27FN4O5S. The van der Waals surface area contributed by atoms with Gasteiger partial charge in [0.25, 0.3) is 5.97 Å². The minimum atomic E-state index is -0.866. The molecule has 3 aromatic rings. The number of aromatic nitrogens is 1. The molecule has 1 aliphatic heterocycles. The average molecular weight is 503 g/mol. The second-order valence-corrected chi connectivity index (χ2v) is 8.79. The highest BCUT2D eigenvalue weighted by Gasteiger charge is 2.19. The van der Waals surface area contributed by atoms with E-state index in [4.69, 9.17) is 20.4 Å². The Morgan fingerprint density at radius 2 is 1.86 bits per heavy atom. The number of carbonyl (C=O) groups is 2. The molecule has 0 saturated carbocycles. The van der Waals surface area contributed by atoms with E-state index in [2.05, 4.69) is 15.2 Å². The number of rotatable bonds is 8. The Bertz CT molecular complexity index is 1160. The number of likely N-dealkylation sites (tertiary alicyclic amines) is 1. The van der Waals surface area contributed by atoms with Crippen molar-refractivity contribution in [2.45, 2.75) is 19.8 Å². The maximum absolute atomic E-state index is 13.6. The van der Waals surface area contributed by atoms with Crippen LogP contribution in [0.5, 0.6) is 11.5 Å².